The van der Waals surface area contributed by atoms with E-state index in [1.807, 2.05) is 0 Å². The summed E-state index contributed by atoms with van der Waals surface area (Å²) in [5.41, 5.74) is -1.24. The highest BCUT2D eigenvalue weighted by Gasteiger charge is 2.41. The Bertz CT molecular complexity index is 433. The van der Waals surface area contributed by atoms with Gasteiger partial charge in [-0.1, -0.05) is 0 Å². The van der Waals surface area contributed by atoms with E-state index in [0.29, 0.717) is 6.07 Å². The number of alkyl halides is 3. The summed E-state index contributed by atoms with van der Waals surface area (Å²) in [7, 11) is 1.10. The van der Waals surface area contributed by atoms with Gasteiger partial charge >= 0.3 is 6.18 Å². The van der Waals surface area contributed by atoms with Crippen molar-refractivity contribution in [2.24, 2.45) is 0 Å². The van der Waals surface area contributed by atoms with Crippen molar-refractivity contribution in [2.45, 2.75) is 12.3 Å². The van der Waals surface area contributed by atoms with Crippen LogP contribution in [0.5, 0.6) is 5.75 Å². The van der Waals surface area contributed by atoms with Crippen molar-refractivity contribution in [3.63, 3.8) is 0 Å². The van der Waals surface area contributed by atoms with Gasteiger partial charge in [-0.05, 0) is 6.07 Å². The van der Waals surface area contributed by atoms with Gasteiger partial charge in [0.25, 0.3) is 5.69 Å². The van der Waals surface area contributed by atoms with Crippen LogP contribution in [0.1, 0.15) is 11.7 Å². The number of ether oxygens (including phenoxy) is 1. The van der Waals surface area contributed by atoms with Gasteiger partial charge in [-0.2, -0.15) is 13.2 Å². The molecule has 1 atom stereocenters. The van der Waals surface area contributed by atoms with E-state index in [0.717, 1.165) is 19.2 Å². The van der Waals surface area contributed by atoms with Crippen LogP contribution < -0.4 is 4.74 Å². The molecule has 5 nitrogen and oxygen atoms in total. The molecule has 0 aromatic heterocycles. The van der Waals surface area contributed by atoms with Crippen LogP contribution in [0.3, 0.4) is 0 Å². The van der Waals surface area contributed by atoms with Crippen molar-refractivity contribution < 1.29 is 27.9 Å². The first-order chi connectivity index (χ1) is 7.77. The van der Waals surface area contributed by atoms with Crippen LogP contribution in [0.25, 0.3) is 0 Å². The molecule has 0 amide bonds. The summed E-state index contributed by atoms with van der Waals surface area (Å²) in [5, 5.41) is 19.5. The molecule has 0 aliphatic carbocycles. The van der Waals surface area contributed by atoms with Crippen molar-refractivity contribution in [1.29, 1.82) is 0 Å². The molecule has 17 heavy (non-hydrogen) atoms. The Labute approximate surface area is 93.6 Å². The molecule has 8 heteroatoms. The number of benzene rings is 1. The third kappa shape index (κ3) is 2.84. The van der Waals surface area contributed by atoms with Crippen molar-refractivity contribution >= 4 is 5.69 Å². The van der Waals surface area contributed by atoms with Gasteiger partial charge in [0.15, 0.2) is 6.10 Å². The lowest BCUT2D eigenvalue weighted by Crippen LogP contribution is -2.20. The molecule has 0 bridgehead atoms. The number of aliphatic hydroxyl groups excluding tert-OH is 1. The van der Waals surface area contributed by atoms with Crippen LogP contribution in [-0.2, 0) is 0 Å². The van der Waals surface area contributed by atoms with Crippen molar-refractivity contribution in [1.82, 2.24) is 0 Å². The molecule has 0 saturated heterocycles. The van der Waals surface area contributed by atoms with E-state index < -0.39 is 28.5 Å². The highest BCUT2D eigenvalue weighted by Crippen LogP contribution is 2.38. The van der Waals surface area contributed by atoms with Gasteiger partial charge in [-0.15, -0.1) is 0 Å². The Morgan fingerprint density at radius 3 is 2.47 bits per heavy atom. The summed E-state index contributed by atoms with van der Waals surface area (Å²) in [6.07, 6.45) is -7.74. The van der Waals surface area contributed by atoms with E-state index >= 15 is 0 Å². The zero-order valence-electron chi connectivity index (χ0n) is 8.56. The number of hydrogen-bond donors (Lipinski definition) is 1. The average Bonchev–Trinajstić information content (AvgIpc) is 2.25. The third-order valence-corrected chi connectivity index (χ3v) is 2.03. The lowest BCUT2D eigenvalue weighted by molar-refractivity contribution is -0.385. The molecule has 1 aromatic carbocycles. The van der Waals surface area contributed by atoms with Gasteiger partial charge in [0, 0.05) is 17.7 Å². The van der Waals surface area contributed by atoms with Gasteiger partial charge in [0.2, 0.25) is 0 Å². The van der Waals surface area contributed by atoms with Crippen LogP contribution in [-0.4, -0.2) is 23.3 Å². The standard InChI is InChI=1S/C9H8F3NO4/c1-17-7-3-2-5(13(15)16)4-6(7)8(14)9(10,11)12/h2-4,8,14H,1H3/t8-/m1/s1. The second kappa shape index (κ2) is 4.58. The summed E-state index contributed by atoms with van der Waals surface area (Å²) in [6, 6.07) is 2.63. The minimum absolute atomic E-state index is 0.263. The Kier molecular flexibility index (Phi) is 3.56. The maximum absolute atomic E-state index is 12.3. The predicted octanol–water partition coefficient (Wildman–Crippen LogP) is 2.20. The summed E-state index contributed by atoms with van der Waals surface area (Å²) in [5.74, 6) is -0.263. The molecule has 0 spiro atoms. The number of nitrogens with zero attached hydrogens (tertiary/aromatic N) is 1. The lowest BCUT2D eigenvalue weighted by Gasteiger charge is -2.17. The fraction of sp³-hybridized carbons (Fsp3) is 0.333. The number of methoxy groups -OCH3 is 1. The summed E-state index contributed by atoms with van der Waals surface area (Å²) >= 11 is 0. The summed E-state index contributed by atoms with van der Waals surface area (Å²) < 4.78 is 41.5. The molecule has 1 aromatic rings. The molecule has 0 heterocycles. The van der Waals surface area contributed by atoms with Gasteiger partial charge in [-0.25, -0.2) is 0 Å². The first-order valence-electron chi connectivity index (χ1n) is 4.34. The number of halogens is 3. The topological polar surface area (TPSA) is 72.6 Å². The van der Waals surface area contributed by atoms with Crippen LogP contribution in [0.4, 0.5) is 18.9 Å². The Morgan fingerprint density at radius 2 is 2.06 bits per heavy atom. The minimum atomic E-state index is -4.91. The number of rotatable bonds is 3. The maximum Gasteiger partial charge on any atom is 0.418 e. The SMILES string of the molecule is COc1ccc([N+](=O)[O-])cc1[C@@H](O)C(F)(F)F. The highest BCUT2D eigenvalue weighted by molar-refractivity contribution is 5.45. The lowest BCUT2D eigenvalue weighted by atomic mass is 10.1. The maximum atomic E-state index is 12.3. The highest BCUT2D eigenvalue weighted by atomic mass is 19.4. The molecule has 0 aliphatic rings. The van der Waals surface area contributed by atoms with E-state index in [2.05, 4.69) is 4.74 Å². The van der Waals surface area contributed by atoms with Crippen LogP contribution >= 0.6 is 0 Å². The van der Waals surface area contributed by atoms with E-state index in [4.69, 9.17) is 5.11 Å². The van der Waals surface area contributed by atoms with Gasteiger partial charge in [0.05, 0.1) is 12.0 Å². The number of hydrogen-bond acceptors (Lipinski definition) is 4. The van der Waals surface area contributed by atoms with Crippen molar-refractivity contribution in [3.05, 3.63) is 33.9 Å². The normalized spacial score (nSPS) is 13.2. The Balaban J connectivity index is 3.28. The third-order valence-electron chi connectivity index (χ3n) is 2.03. The molecule has 0 fully saturated rings. The quantitative estimate of drug-likeness (QED) is 0.660. The zero-order valence-corrected chi connectivity index (χ0v) is 8.56. The molecule has 1 rings (SSSR count). The van der Waals surface area contributed by atoms with Crippen molar-refractivity contribution in [3.8, 4) is 5.75 Å². The largest absolute Gasteiger partial charge is 0.496 e. The van der Waals surface area contributed by atoms with Gasteiger partial charge < -0.3 is 9.84 Å². The van der Waals surface area contributed by atoms with Crippen LogP contribution in [0.15, 0.2) is 18.2 Å². The second-order valence-corrected chi connectivity index (χ2v) is 3.13. The molecule has 1 N–H and O–H groups in total. The molecular weight excluding hydrogens is 243 g/mol. The van der Waals surface area contributed by atoms with Crippen molar-refractivity contribution in [2.75, 3.05) is 7.11 Å². The number of nitro benzene ring substituents is 1. The predicted molar refractivity (Wildman–Crippen MR) is 50.7 cm³/mol. The van der Waals surface area contributed by atoms with Gasteiger partial charge in [-0.3, -0.25) is 10.1 Å². The van der Waals surface area contributed by atoms with E-state index in [1.165, 1.54) is 0 Å². The smallest absolute Gasteiger partial charge is 0.418 e. The molecule has 0 saturated carbocycles. The number of aliphatic hydroxyl groups is 1. The first-order valence-corrected chi connectivity index (χ1v) is 4.34. The first kappa shape index (κ1) is 13.2. The number of nitro groups is 1. The fourth-order valence-electron chi connectivity index (χ4n) is 1.23. The Hall–Kier alpha value is -1.83. The van der Waals surface area contributed by atoms with Crippen LogP contribution in [0, 0.1) is 10.1 Å². The fourth-order valence-corrected chi connectivity index (χ4v) is 1.23. The minimum Gasteiger partial charge on any atom is -0.496 e. The molecule has 94 valence electrons. The molecule has 0 aliphatic heterocycles. The average molecular weight is 251 g/mol. The van der Waals surface area contributed by atoms with Crippen LogP contribution in [0.2, 0.25) is 0 Å². The number of non-ortho nitro benzene ring substituents is 1. The monoisotopic (exact) mass is 251 g/mol. The van der Waals surface area contributed by atoms with E-state index in [1.54, 1.807) is 0 Å². The molecule has 0 radical (unpaired) electrons. The zero-order chi connectivity index (χ0) is 13.2. The summed E-state index contributed by atoms with van der Waals surface area (Å²) in [6.45, 7) is 0. The second-order valence-electron chi connectivity index (χ2n) is 3.13. The summed E-state index contributed by atoms with van der Waals surface area (Å²) in [4.78, 5) is 9.57. The molecule has 0 unspecified atom stereocenters. The van der Waals surface area contributed by atoms with E-state index in [9.17, 15) is 23.3 Å². The van der Waals surface area contributed by atoms with Gasteiger partial charge in [0.1, 0.15) is 5.75 Å². The van der Waals surface area contributed by atoms with E-state index in [-0.39, 0.29) is 5.75 Å². The Morgan fingerprint density at radius 1 is 1.47 bits per heavy atom. The molecular formula is C9H8F3NO4.